The molecule has 0 aliphatic heterocycles. The molecule has 0 aliphatic carbocycles. The molecule has 1 heterocycles. The molecule has 0 fully saturated rings. The Balaban J connectivity index is 0.00000112. The van der Waals surface area contributed by atoms with E-state index in [2.05, 4.69) is 16.3 Å². The fourth-order valence-electron chi connectivity index (χ4n) is 1.22. The Morgan fingerprint density at radius 1 is 1.40 bits per heavy atom. The van der Waals surface area contributed by atoms with E-state index >= 15 is 0 Å². The second-order valence-electron chi connectivity index (χ2n) is 2.68. The molecule has 0 bridgehead atoms. The summed E-state index contributed by atoms with van der Waals surface area (Å²) in [5.74, 6) is 0. The molecule has 5 nitrogen and oxygen atoms in total. The quantitative estimate of drug-likeness (QED) is 0.497. The van der Waals surface area contributed by atoms with Gasteiger partial charge in [0, 0.05) is 11.6 Å². The molecular weight excluding hydrogens is 366 g/mol. The number of benzene rings is 1. The van der Waals surface area contributed by atoms with Crippen molar-refractivity contribution in [2.24, 2.45) is 0 Å². The molecule has 0 radical (unpaired) electrons. The summed E-state index contributed by atoms with van der Waals surface area (Å²) in [6.07, 6.45) is 4.00. The number of hydrogen-bond acceptors (Lipinski definition) is 3. The third kappa shape index (κ3) is 2.30. The van der Waals surface area contributed by atoms with Gasteiger partial charge >= 0.3 is 21.1 Å². The summed E-state index contributed by atoms with van der Waals surface area (Å²) in [4.78, 5) is 16.7. The van der Waals surface area contributed by atoms with Gasteiger partial charge in [-0.05, 0) is 6.33 Å². The number of imidazole rings is 1. The molecule has 0 amide bonds. The molecule has 0 atom stereocenters. The van der Waals surface area contributed by atoms with Crippen molar-refractivity contribution in [2.75, 3.05) is 0 Å². The second kappa shape index (κ2) is 4.84. The topological polar surface area (TPSA) is 71.8 Å². The maximum atomic E-state index is 10.7. The predicted molar refractivity (Wildman–Crippen MR) is 49.5 cm³/mol. The van der Waals surface area contributed by atoms with E-state index in [1.807, 2.05) is 0 Å². The summed E-state index contributed by atoms with van der Waals surface area (Å²) >= 11 is 0. The van der Waals surface area contributed by atoms with Crippen LogP contribution < -0.4 is 0 Å². The van der Waals surface area contributed by atoms with E-state index in [0.29, 0.717) is 11.3 Å². The van der Waals surface area contributed by atoms with Gasteiger partial charge in [0.15, 0.2) is 0 Å². The Hall–Kier alpha value is -1.48. The molecule has 0 unspecified atom stereocenters. The maximum absolute atomic E-state index is 10.7. The number of nitrogens with zero attached hydrogens (tertiary/aromatic N) is 2. The zero-order valence-electron chi connectivity index (χ0n) is 7.51. The Labute approximate surface area is 100.0 Å². The number of nitro benzene ring substituents is 1. The number of hydrogen-bond donors (Lipinski definition) is 1. The minimum absolute atomic E-state index is 0. The van der Waals surface area contributed by atoms with Crippen LogP contribution in [0.4, 0.5) is 5.69 Å². The summed E-state index contributed by atoms with van der Waals surface area (Å²) in [7, 11) is 0. The van der Waals surface area contributed by atoms with Gasteiger partial charge in [0.1, 0.15) is 0 Å². The molecular formula is C9H6N3O2W+. The van der Waals surface area contributed by atoms with Crippen LogP contribution in [0.2, 0.25) is 0 Å². The number of rotatable bonds is 2. The first-order chi connectivity index (χ1) is 6.79. The minimum atomic E-state index is -0.420. The van der Waals surface area contributed by atoms with Crippen LogP contribution in [0.3, 0.4) is 0 Å². The number of nitro groups is 1. The SMILES string of the molecule is O=[N+]([O-])c1ccccc1-c1cn[c-][nH]1.[W+2]. The molecule has 6 heteroatoms. The van der Waals surface area contributed by atoms with Crippen molar-refractivity contribution in [3.63, 3.8) is 0 Å². The fourth-order valence-corrected chi connectivity index (χ4v) is 1.22. The third-order valence-electron chi connectivity index (χ3n) is 1.84. The normalized spacial score (nSPS) is 9.33. The predicted octanol–water partition coefficient (Wildman–Crippen LogP) is 1.78. The van der Waals surface area contributed by atoms with Gasteiger partial charge < -0.3 is 9.97 Å². The van der Waals surface area contributed by atoms with E-state index in [1.165, 1.54) is 12.3 Å². The van der Waals surface area contributed by atoms with Gasteiger partial charge in [-0.2, -0.15) is 0 Å². The minimum Gasteiger partial charge on any atom is -0.460 e. The van der Waals surface area contributed by atoms with Crippen molar-refractivity contribution in [1.82, 2.24) is 9.97 Å². The average molecular weight is 372 g/mol. The molecule has 2 aromatic rings. The average Bonchev–Trinajstić information content (AvgIpc) is 2.70. The second-order valence-corrected chi connectivity index (χ2v) is 2.68. The summed E-state index contributed by atoms with van der Waals surface area (Å²) in [5, 5.41) is 10.7. The van der Waals surface area contributed by atoms with Crippen LogP contribution in [0.25, 0.3) is 11.3 Å². The maximum Gasteiger partial charge on any atom is 2.00 e. The van der Waals surface area contributed by atoms with E-state index in [4.69, 9.17) is 0 Å². The molecule has 0 aliphatic rings. The summed E-state index contributed by atoms with van der Waals surface area (Å²) in [6, 6.07) is 6.49. The van der Waals surface area contributed by atoms with Crippen LogP contribution in [0, 0.1) is 16.4 Å². The molecule has 1 N–H and O–H groups in total. The molecule has 0 spiro atoms. The van der Waals surface area contributed by atoms with Crippen molar-refractivity contribution >= 4 is 5.69 Å². The van der Waals surface area contributed by atoms with Gasteiger partial charge in [0.05, 0.1) is 4.92 Å². The molecule has 0 saturated carbocycles. The standard InChI is InChI=1S/C9H6N3O2.W/c13-12(14)9-4-2-1-3-7(9)8-5-10-6-11-8;/h1-5H,(H,10,11);/q-1;+2. The Morgan fingerprint density at radius 2 is 2.13 bits per heavy atom. The fraction of sp³-hybridized carbons (Fsp3) is 0. The van der Waals surface area contributed by atoms with Crippen LogP contribution in [-0.2, 0) is 21.1 Å². The molecule has 15 heavy (non-hydrogen) atoms. The van der Waals surface area contributed by atoms with Crippen molar-refractivity contribution in [2.45, 2.75) is 0 Å². The van der Waals surface area contributed by atoms with Crippen LogP contribution in [-0.4, -0.2) is 14.9 Å². The van der Waals surface area contributed by atoms with Crippen molar-refractivity contribution in [3.05, 3.63) is 46.9 Å². The van der Waals surface area contributed by atoms with E-state index < -0.39 is 4.92 Å². The van der Waals surface area contributed by atoms with Crippen molar-refractivity contribution in [3.8, 4) is 11.3 Å². The van der Waals surface area contributed by atoms with E-state index in [0.717, 1.165) is 0 Å². The summed E-state index contributed by atoms with van der Waals surface area (Å²) < 4.78 is 0. The first kappa shape index (κ1) is 11.6. The summed E-state index contributed by atoms with van der Waals surface area (Å²) in [5.41, 5.74) is 1.17. The first-order valence-electron chi connectivity index (χ1n) is 3.94. The smallest absolute Gasteiger partial charge is 0.460 e. The van der Waals surface area contributed by atoms with Gasteiger partial charge in [0.25, 0.3) is 5.69 Å². The van der Waals surface area contributed by atoms with Crippen molar-refractivity contribution < 1.29 is 26.0 Å². The first-order valence-corrected chi connectivity index (χ1v) is 3.94. The largest absolute Gasteiger partial charge is 2.00 e. The van der Waals surface area contributed by atoms with Crippen LogP contribution in [0.1, 0.15) is 0 Å². The number of H-pyrrole nitrogens is 1. The van der Waals surface area contributed by atoms with Crippen LogP contribution >= 0.6 is 0 Å². The summed E-state index contributed by atoms with van der Waals surface area (Å²) in [6.45, 7) is 0. The Bertz CT molecular complexity index is 456. The zero-order valence-corrected chi connectivity index (χ0v) is 10.4. The van der Waals surface area contributed by atoms with E-state index in [1.54, 1.807) is 18.2 Å². The van der Waals surface area contributed by atoms with E-state index in [9.17, 15) is 10.1 Å². The van der Waals surface area contributed by atoms with Gasteiger partial charge in [-0.15, -0.1) is 6.20 Å². The van der Waals surface area contributed by atoms with E-state index in [-0.39, 0.29) is 26.8 Å². The number of aromatic nitrogens is 2. The van der Waals surface area contributed by atoms with Crippen LogP contribution in [0.5, 0.6) is 0 Å². The molecule has 1 aromatic carbocycles. The Morgan fingerprint density at radius 3 is 2.73 bits per heavy atom. The molecule has 1 aromatic heterocycles. The van der Waals surface area contributed by atoms with Gasteiger partial charge in [0.2, 0.25) is 0 Å². The van der Waals surface area contributed by atoms with Gasteiger partial charge in [-0.3, -0.25) is 10.1 Å². The van der Waals surface area contributed by atoms with Gasteiger partial charge in [-0.25, -0.2) is 0 Å². The molecule has 2 rings (SSSR count). The number of aromatic amines is 1. The van der Waals surface area contributed by atoms with Crippen LogP contribution in [0.15, 0.2) is 30.5 Å². The Kier molecular flexibility index (Phi) is 3.74. The monoisotopic (exact) mass is 372 g/mol. The van der Waals surface area contributed by atoms with Crippen molar-refractivity contribution in [1.29, 1.82) is 0 Å². The van der Waals surface area contributed by atoms with Gasteiger partial charge in [-0.1, -0.05) is 23.9 Å². The number of para-hydroxylation sites is 1. The zero-order chi connectivity index (χ0) is 9.97. The third-order valence-corrected chi connectivity index (χ3v) is 1.84. The molecule has 74 valence electrons. The molecule has 0 saturated heterocycles. The number of nitrogens with one attached hydrogen (secondary N) is 1.